The van der Waals surface area contributed by atoms with Crippen LogP contribution >= 0.6 is 0 Å². The first-order chi connectivity index (χ1) is 14.5. The van der Waals surface area contributed by atoms with Crippen LogP contribution in [0.15, 0.2) is 71.3 Å². The normalized spacial score (nSPS) is 11.6. The molecule has 2 heterocycles. The van der Waals surface area contributed by atoms with Crippen molar-refractivity contribution in [3.63, 3.8) is 0 Å². The summed E-state index contributed by atoms with van der Waals surface area (Å²) < 4.78 is 6.03. The molecule has 0 aliphatic rings. The summed E-state index contributed by atoms with van der Waals surface area (Å²) in [6.45, 7) is 8.79. The molecule has 0 aliphatic carbocycles. The van der Waals surface area contributed by atoms with Crippen molar-refractivity contribution >= 4 is 0 Å². The topological polar surface area (TPSA) is 51.8 Å². The van der Waals surface area contributed by atoms with Crippen molar-refractivity contribution in [3.05, 3.63) is 78.0 Å². The molecule has 0 unspecified atom stereocenters. The lowest BCUT2D eigenvalue weighted by Gasteiger charge is -2.18. The average molecular weight is 398 g/mol. The van der Waals surface area contributed by atoms with Crippen LogP contribution in [0.3, 0.4) is 0 Å². The van der Waals surface area contributed by atoms with E-state index < -0.39 is 0 Å². The monoisotopic (exact) mass is 397 g/mol. The summed E-state index contributed by atoms with van der Waals surface area (Å²) in [5, 5.41) is 8.59. The fraction of sp³-hybridized carbons (Fsp3) is 0.269. The quantitative estimate of drug-likeness (QED) is 0.375. The van der Waals surface area contributed by atoms with Gasteiger partial charge in [-0.15, -0.1) is 10.2 Å². The highest BCUT2D eigenvalue weighted by Gasteiger charge is 2.16. The number of hydrogen-bond acceptors (Lipinski definition) is 4. The molecule has 0 radical (unpaired) electrons. The molecule has 0 saturated carbocycles. The third-order valence-electron chi connectivity index (χ3n) is 5.24. The molecule has 0 N–H and O–H groups in total. The molecule has 4 heteroatoms. The Labute approximate surface area is 178 Å². The number of rotatable bonds is 5. The number of aromatic nitrogens is 3. The summed E-state index contributed by atoms with van der Waals surface area (Å²) in [6.07, 6.45) is 3.90. The average Bonchev–Trinajstić information content (AvgIpc) is 3.25. The van der Waals surface area contributed by atoms with Crippen molar-refractivity contribution in [2.45, 2.75) is 46.0 Å². The Balaban J connectivity index is 1.68. The van der Waals surface area contributed by atoms with Crippen molar-refractivity contribution in [2.75, 3.05) is 0 Å². The molecule has 152 valence electrons. The molecule has 0 atom stereocenters. The Morgan fingerprint density at radius 3 is 2.17 bits per heavy atom. The second kappa shape index (κ2) is 8.23. The maximum atomic E-state index is 6.03. The SMILES string of the molecule is CCCc1ccc(-c2nnc(-c3ccc(C(C)(C)C)cc3)o2)cc1-c1ccccn1. The fourth-order valence-corrected chi connectivity index (χ4v) is 3.53. The Kier molecular flexibility index (Phi) is 5.49. The minimum atomic E-state index is 0.112. The summed E-state index contributed by atoms with van der Waals surface area (Å²) in [7, 11) is 0. The van der Waals surface area contributed by atoms with Gasteiger partial charge in [0.1, 0.15) is 0 Å². The van der Waals surface area contributed by atoms with Gasteiger partial charge in [0.05, 0.1) is 5.69 Å². The maximum absolute atomic E-state index is 6.03. The summed E-state index contributed by atoms with van der Waals surface area (Å²) >= 11 is 0. The molecule has 2 aromatic heterocycles. The van der Waals surface area contributed by atoms with E-state index in [9.17, 15) is 0 Å². The van der Waals surface area contributed by atoms with Gasteiger partial charge >= 0.3 is 0 Å². The first-order valence-corrected chi connectivity index (χ1v) is 10.4. The zero-order valence-electron chi connectivity index (χ0n) is 18.0. The molecule has 4 rings (SSSR count). The second-order valence-electron chi connectivity index (χ2n) is 8.58. The molecule has 0 fully saturated rings. The number of hydrogen-bond donors (Lipinski definition) is 0. The summed E-state index contributed by atoms with van der Waals surface area (Å²) in [4.78, 5) is 4.54. The molecule has 0 saturated heterocycles. The smallest absolute Gasteiger partial charge is 0.248 e. The van der Waals surface area contributed by atoms with Crippen LogP contribution in [-0.4, -0.2) is 15.2 Å². The van der Waals surface area contributed by atoms with E-state index in [1.54, 1.807) is 0 Å². The van der Waals surface area contributed by atoms with Gasteiger partial charge in [0.15, 0.2) is 0 Å². The van der Waals surface area contributed by atoms with Gasteiger partial charge in [0, 0.05) is 22.9 Å². The molecule has 0 aliphatic heterocycles. The first-order valence-electron chi connectivity index (χ1n) is 10.4. The minimum absolute atomic E-state index is 0.112. The Bertz CT molecular complexity index is 1120. The van der Waals surface area contributed by atoms with E-state index >= 15 is 0 Å². The number of aryl methyl sites for hydroxylation is 1. The van der Waals surface area contributed by atoms with Gasteiger partial charge in [0.25, 0.3) is 0 Å². The maximum Gasteiger partial charge on any atom is 0.248 e. The zero-order valence-corrected chi connectivity index (χ0v) is 18.0. The van der Waals surface area contributed by atoms with Crippen molar-refractivity contribution in [1.82, 2.24) is 15.2 Å². The first kappa shape index (κ1) is 20.0. The van der Waals surface area contributed by atoms with Gasteiger partial charge in [-0.1, -0.05) is 58.4 Å². The van der Waals surface area contributed by atoms with Crippen molar-refractivity contribution in [2.24, 2.45) is 0 Å². The lowest BCUT2D eigenvalue weighted by atomic mass is 9.87. The van der Waals surface area contributed by atoms with E-state index in [0.717, 1.165) is 35.2 Å². The highest BCUT2D eigenvalue weighted by Crippen LogP contribution is 2.31. The molecule has 0 bridgehead atoms. The number of pyridine rings is 1. The standard InChI is InChI=1S/C26H27N3O/c1-5-8-18-10-11-20(17-22(18)23-9-6-7-16-27-23)25-29-28-24(30-25)19-12-14-21(15-13-19)26(2,3)4/h6-7,9-17H,5,8H2,1-4H3. The van der Waals surface area contributed by atoms with E-state index in [2.05, 4.69) is 73.2 Å². The molecule has 0 amide bonds. The van der Waals surface area contributed by atoms with Gasteiger partial charge in [-0.25, -0.2) is 0 Å². The van der Waals surface area contributed by atoms with E-state index in [1.165, 1.54) is 11.1 Å². The molecular weight excluding hydrogens is 370 g/mol. The Morgan fingerprint density at radius 1 is 0.833 bits per heavy atom. The number of nitrogens with zero attached hydrogens (tertiary/aromatic N) is 3. The highest BCUT2D eigenvalue weighted by atomic mass is 16.4. The van der Waals surface area contributed by atoms with Crippen LogP contribution in [0, 0.1) is 0 Å². The van der Waals surface area contributed by atoms with Crippen molar-refractivity contribution in [1.29, 1.82) is 0 Å². The van der Waals surface area contributed by atoms with Crippen LogP contribution in [0.2, 0.25) is 0 Å². The fourth-order valence-electron chi connectivity index (χ4n) is 3.53. The van der Waals surface area contributed by atoms with E-state index in [4.69, 9.17) is 4.42 Å². The highest BCUT2D eigenvalue weighted by molar-refractivity contribution is 5.71. The Morgan fingerprint density at radius 2 is 1.53 bits per heavy atom. The van der Waals surface area contributed by atoms with Gasteiger partial charge in [-0.2, -0.15) is 0 Å². The summed E-state index contributed by atoms with van der Waals surface area (Å²) in [5.41, 5.74) is 6.56. The minimum Gasteiger partial charge on any atom is -0.416 e. The van der Waals surface area contributed by atoms with Crippen molar-refractivity contribution in [3.8, 4) is 34.2 Å². The second-order valence-corrected chi connectivity index (χ2v) is 8.58. The number of benzene rings is 2. The van der Waals surface area contributed by atoms with E-state index in [-0.39, 0.29) is 5.41 Å². The van der Waals surface area contributed by atoms with Crippen LogP contribution in [0.25, 0.3) is 34.2 Å². The van der Waals surface area contributed by atoms with Gasteiger partial charge in [-0.3, -0.25) is 4.98 Å². The summed E-state index contributed by atoms with van der Waals surface area (Å²) in [5.74, 6) is 1.05. The molecule has 0 spiro atoms. The van der Waals surface area contributed by atoms with Gasteiger partial charge in [-0.05, 0) is 59.4 Å². The molecule has 30 heavy (non-hydrogen) atoms. The van der Waals surface area contributed by atoms with E-state index in [1.807, 2.05) is 36.5 Å². The largest absolute Gasteiger partial charge is 0.416 e. The lowest BCUT2D eigenvalue weighted by molar-refractivity contribution is 0.582. The van der Waals surface area contributed by atoms with Crippen molar-refractivity contribution < 1.29 is 4.42 Å². The molecular formula is C26H27N3O. The van der Waals surface area contributed by atoms with Crippen LogP contribution in [0.4, 0.5) is 0 Å². The molecule has 4 aromatic rings. The molecule has 2 aromatic carbocycles. The zero-order chi connectivity index (χ0) is 21.1. The van der Waals surface area contributed by atoms with E-state index in [0.29, 0.717) is 11.8 Å². The third kappa shape index (κ3) is 4.18. The predicted molar refractivity (Wildman–Crippen MR) is 121 cm³/mol. The van der Waals surface area contributed by atoms with Crippen LogP contribution in [0.1, 0.15) is 45.2 Å². The summed E-state index contributed by atoms with van der Waals surface area (Å²) in [6, 6.07) is 20.6. The van der Waals surface area contributed by atoms with Crippen LogP contribution in [0.5, 0.6) is 0 Å². The Hall–Kier alpha value is -3.27. The van der Waals surface area contributed by atoms with Gasteiger partial charge < -0.3 is 4.42 Å². The third-order valence-corrected chi connectivity index (χ3v) is 5.24. The van der Waals surface area contributed by atoms with Crippen LogP contribution < -0.4 is 0 Å². The van der Waals surface area contributed by atoms with Gasteiger partial charge in [0.2, 0.25) is 11.8 Å². The predicted octanol–water partition coefficient (Wildman–Crippen LogP) is 6.72. The molecule has 4 nitrogen and oxygen atoms in total. The lowest BCUT2D eigenvalue weighted by Crippen LogP contribution is -2.10. The van der Waals surface area contributed by atoms with Crippen LogP contribution in [-0.2, 0) is 11.8 Å².